The lowest BCUT2D eigenvalue weighted by Gasteiger charge is -2.28. The van der Waals surface area contributed by atoms with Gasteiger partial charge in [0.1, 0.15) is 5.76 Å². The number of hydrogen-bond acceptors (Lipinski definition) is 6. The molecule has 34 heavy (non-hydrogen) atoms. The highest BCUT2D eigenvalue weighted by atomic mass is 19.3. The lowest BCUT2D eigenvalue weighted by molar-refractivity contribution is -0.0472. The number of aryl methyl sites for hydroxylation is 2. The quantitative estimate of drug-likeness (QED) is 0.425. The number of alkyl halides is 2. The fraction of sp³-hybridized carbons (Fsp3) is 0.375. The van der Waals surface area contributed by atoms with Crippen LogP contribution in [0.5, 0.6) is 0 Å². The number of rotatable bonds is 5. The largest absolute Gasteiger partial charge is 0.478 e. The molecule has 0 unspecified atom stereocenters. The van der Waals surface area contributed by atoms with E-state index in [4.69, 9.17) is 9.63 Å². The Morgan fingerprint density at radius 3 is 2.50 bits per heavy atom. The minimum Gasteiger partial charge on any atom is -0.478 e. The Morgan fingerprint density at radius 2 is 1.88 bits per heavy atom. The molecular formula is C24H23F2N5O3. The highest BCUT2D eigenvalue weighted by Gasteiger charge is 2.35. The maximum Gasteiger partial charge on any atom is 0.338 e. The zero-order valence-electron chi connectivity index (χ0n) is 18.8. The molecule has 5 rings (SSSR count). The standard InChI is InChI=1S/C24H23F2N5O3/c1-13-20(14(2)34-30-13)16-7-19-21(27-8-16)18(22-28-9-17(10-29-22)23(32)33)12-31(19)11-15-3-5-24(25,26)6-4-15/h7-10,12,15H,3-6,11H2,1-2H3,(H,32,33). The molecule has 0 spiro atoms. The highest BCUT2D eigenvalue weighted by Crippen LogP contribution is 2.38. The van der Waals surface area contributed by atoms with E-state index in [-0.39, 0.29) is 24.3 Å². The third-order valence-corrected chi connectivity index (χ3v) is 6.47. The summed E-state index contributed by atoms with van der Waals surface area (Å²) in [6, 6.07) is 1.99. The molecule has 0 amide bonds. The Balaban J connectivity index is 1.59. The van der Waals surface area contributed by atoms with Crippen molar-refractivity contribution >= 4 is 17.0 Å². The molecule has 0 aliphatic heterocycles. The van der Waals surface area contributed by atoms with Gasteiger partial charge in [-0.2, -0.15) is 0 Å². The summed E-state index contributed by atoms with van der Waals surface area (Å²) < 4.78 is 34.7. The number of fused-ring (bicyclic) bond motifs is 1. The Kier molecular flexibility index (Phi) is 5.38. The first kappa shape index (κ1) is 22.1. The molecule has 4 heterocycles. The molecule has 1 aliphatic rings. The highest BCUT2D eigenvalue weighted by molar-refractivity contribution is 5.94. The van der Waals surface area contributed by atoms with Gasteiger partial charge in [0.15, 0.2) is 5.82 Å². The van der Waals surface area contributed by atoms with E-state index in [1.165, 1.54) is 12.4 Å². The number of pyridine rings is 1. The Morgan fingerprint density at radius 1 is 1.18 bits per heavy atom. The molecule has 1 saturated carbocycles. The second-order valence-corrected chi connectivity index (χ2v) is 8.89. The number of halogens is 2. The predicted molar refractivity (Wildman–Crippen MR) is 120 cm³/mol. The molecule has 4 aromatic heterocycles. The van der Waals surface area contributed by atoms with Crippen LogP contribution >= 0.6 is 0 Å². The topological polar surface area (TPSA) is 107 Å². The second kappa shape index (κ2) is 8.27. The van der Waals surface area contributed by atoms with Crippen LogP contribution in [-0.4, -0.2) is 41.7 Å². The van der Waals surface area contributed by atoms with E-state index in [0.29, 0.717) is 42.1 Å². The summed E-state index contributed by atoms with van der Waals surface area (Å²) in [4.78, 5) is 24.3. The molecular weight excluding hydrogens is 444 g/mol. The summed E-state index contributed by atoms with van der Waals surface area (Å²) in [5.74, 6) is -2.55. The molecule has 10 heteroatoms. The molecule has 0 bridgehead atoms. The first-order valence-electron chi connectivity index (χ1n) is 11.1. The predicted octanol–water partition coefficient (Wildman–Crippen LogP) is 5.29. The normalized spacial score (nSPS) is 16.2. The van der Waals surface area contributed by atoms with Crippen molar-refractivity contribution in [3.63, 3.8) is 0 Å². The molecule has 1 N–H and O–H groups in total. The third kappa shape index (κ3) is 4.04. The van der Waals surface area contributed by atoms with Gasteiger partial charge in [-0.3, -0.25) is 4.98 Å². The van der Waals surface area contributed by atoms with E-state index < -0.39 is 11.9 Å². The maximum atomic E-state index is 13.7. The van der Waals surface area contributed by atoms with Crippen molar-refractivity contribution in [1.29, 1.82) is 0 Å². The van der Waals surface area contributed by atoms with Gasteiger partial charge in [-0.15, -0.1) is 0 Å². The summed E-state index contributed by atoms with van der Waals surface area (Å²) in [7, 11) is 0. The summed E-state index contributed by atoms with van der Waals surface area (Å²) in [5, 5.41) is 13.2. The summed E-state index contributed by atoms with van der Waals surface area (Å²) in [5.41, 5.74) is 4.56. The number of carboxylic acid groups (broad SMARTS) is 1. The lowest BCUT2D eigenvalue weighted by atomic mass is 9.87. The molecule has 8 nitrogen and oxygen atoms in total. The fourth-order valence-electron chi connectivity index (χ4n) is 4.65. The van der Waals surface area contributed by atoms with Crippen molar-refractivity contribution in [3.8, 4) is 22.5 Å². The van der Waals surface area contributed by atoms with Gasteiger partial charge in [0, 0.05) is 55.3 Å². The van der Waals surface area contributed by atoms with Crippen molar-refractivity contribution in [2.24, 2.45) is 5.92 Å². The average molecular weight is 467 g/mol. The number of carbonyl (C=O) groups is 1. The monoisotopic (exact) mass is 467 g/mol. The average Bonchev–Trinajstić information content (AvgIpc) is 3.34. The zero-order valence-corrected chi connectivity index (χ0v) is 18.8. The van der Waals surface area contributed by atoms with Crippen LogP contribution in [0.2, 0.25) is 0 Å². The van der Waals surface area contributed by atoms with E-state index in [1.807, 2.05) is 30.7 Å². The van der Waals surface area contributed by atoms with E-state index >= 15 is 0 Å². The van der Waals surface area contributed by atoms with Crippen molar-refractivity contribution in [2.75, 3.05) is 0 Å². The van der Waals surface area contributed by atoms with Gasteiger partial charge < -0.3 is 14.2 Å². The van der Waals surface area contributed by atoms with Crippen LogP contribution in [0, 0.1) is 19.8 Å². The number of hydrogen-bond donors (Lipinski definition) is 1. The first-order chi connectivity index (χ1) is 16.2. The molecule has 0 radical (unpaired) electrons. The van der Waals surface area contributed by atoms with Gasteiger partial charge in [0.25, 0.3) is 0 Å². The van der Waals surface area contributed by atoms with E-state index in [1.54, 1.807) is 6.20 Å². The molecule has 4 aromatic rings. The summed E-state index contributed by atoms with van der Waals surface area (Å²) in [6.07, 6.45) is 6.81. The van der Waals surface area contributed by atoms with Crippen molar-refractivity contribution in [1.82, 2.24) is 24.7 Å². The number of carboxylic acids is 1. The van der Waals surface area contributed by atoms with Crippen molar-refractivity contribution in [3.05, 3.63) is 47.9 Å². The lowest BCUT2D eigenvalue weighted by Crippen LogP contribution is -2.26. The van der Waals surface area contributed by atoms with Crippen LogP contribution in [0.15, 0.2) is 35.4 Å². The van der Waals surface area contributed by atoms with Gasteiger partial charge in [0.05, 0.1) is 27.9 Å². The minimum absolute atomic E-state index is 0.00993. The van der Waals surface area contributed by atoms with Gasteiger partial charge >= 0.3 is 5.97 Å². The van der Waals surface area contributed by atoms with E-state index in [2.05, 4.69) is 20.1 Å². The number of aromatic nitrogens is 5. The Bertz CT molecular complexity index is 1350. The van der Waals surface area contributed by atoms with Gasteiger partial charge in [-0.1, -0.05) is 5.16 Å². The minimum atomic E-state index is -2.59. The van der Waals surface area contributed by atoms with Gasteiger partial charge in [-0.05, 0) is 38.7 Å². The SMILES string of the molecule is Cc1noc(C)c1-c1cnc2c(-c3ncc(C(=O)O)cn3)cn(CC3CCC(F)(F)CC3)c2c1. The molecule has 0 atom stereocenters. The zero-order chi connectivity index (χ0) is 24.0. The van der Waals surface area contributed by atoms with Crippen LogP contribution in [0.4, 0.5) is 8.78 Å². The number of nitrogens with zero attached hydrogens (tertiary/aromatic N) is 5. The van der Waals surface area contributed by atoms with Crippen LogP contribution in [0.25, 0.3) is 33.5 Å². The van der Waals surface area contributed by atoms with Crippen LogP contribution < -0.4 is 0 Å². The second-order valence-electron chi connectivity index (χ2n) is 8.89. The van der Waals surface area contributed by atoms with Crippen LogP contribution in [0.1, 0.15) is 47.5 Å². The first-order valence-corrected chi connectivity index (χ1v) is 11.1. The Labute approximate surface area is 193 Å². The maximum absolute atomic E-state index is 13.7. The van der Waals surface area contributed by atoms with Crippen LogP contribution in [-0.2, 0) is 6.54 Å². The molecule has 176 valence electrons. The van der Waals surface area contributed by atoms with Crippen molar-refractivity contribution in [2.45, 2.75) is 52.0 Å². The van der Waals surface area contributed by atoms with Crippen LogP contribution in [0.3, 0.4) is 0 Å². The number of aromatic carboxylic acids is 1. The van der Waals surface area contributed by atoms with Gasteiger partial charge in [-0.25, -0.2) is 23.5 Å². The summed E-state index contributed by atoms with van der Waals surface area (Å²) >= 11 is 0. The smallest absolute Gasteiger partial charge is 0.338 e. The Hall–Kier alpha value is -3.69. The fourth-order valence-corrected chi connectivity index (χ4v) is 4.65. The van der Waals surface area contributed by atoms with E-state index in [9.17, 15) is 13.6 Å². The molecule has 0 aromatic carbocycles. The van der Waals surface area contributed by atoms with Gasteiger partial charge in [0.2, 0.25) is 5.92 Å². The summed E-state index contributed by atoms with van der Waals surface area (Å²) in [6.45, 7) is 4.26. The molecule has 1 aliphatic carbocycles. The molecule has 0 saturated heterocycles. The van der Waals surface area contributed by atoms with E-state index in [0.717, 1.165) is 22.3 Å². The third-order valence-electron chi connectivity index (χ3n) is 6.47. The molecule has 1 fully saturated rings. The van der Waals surface area contributed by atoms with Crippen molar-refractivity contribution < 1.29 is 23.2 Å².